The molecule has 0 saturated carbocycles. The van der Waals surface area contributed by atoms with Gasteiger partial charge in [-0.2, -0.15) is 44.1 Å². The summed E-state index contributed by atoms with van der Waals surface area (Å²) < 4.78 is 94.9. The van der Waals surface area contributed by atoms with Crippen LogP contribution >= 0.6 is 11.6 Å². The molecular formula is C24H24ClF5N4O2S. The van der Waals surface area contributed by atoms with Crippen LogP contribution in [0.4, 0.5) is 27.6 Å². The Bertz CT molecular complexity index is 1330. The van der Waals surface area contributed by atoms with Gasteiger partial charge in [-0.05, 0) is 35.3 Å². The van der Waals surface area contributed by atoms with Gasteiger partial charge in [0.15, 0.2) is 0 Å². The van der Waals surface area contributed by atoms with Gasteiger partial charge in [0, 0.05) is 33.6 Å². The molecule has 0 N–H and O–H groups in total. The van der Waals surface area contributed by atoms with Crippen LogP contribution in [0.2, 0.25) is 5.02 Å². The average molecular weight is 563 g/mol. The number of hydrogen-bond donors (Lipinski definition) is 0. The summed E-state index contributed by atoms with van der Waals surface area (Å²) in [6.45, 7) is 0.491. The zero-order valence-electron chi connectivity index (χ0n) is 19.9. The summed E-state index contributed by atoms with van der Waals surface area (Å²) in [4.78, 5) is 0. The molecule has 0 amide bonds. The van der Waals surface area contributed by atoms with Gasteiger partial charge in [-0.15, -0.1) is 0 Å². The smallest absolute Gasteiger partial charge is 0.256 e. The lowest BCUT2D eigenvalue weighted by molar-refractivity contribution is -0.249. The van der Waals surface area contributed by atoms with Crippen molar-refractivity contribution in [2.75, 3.05) is 32.2 Å². The third kappa shape index (κ3) is 5.25. The monoisotopic (exact) mass is 562 g/mol. The molecule has 2 heterocycles. The van der Waals surface area contributed by atoms with E-state index >= 15 is 0 Å². The van der Waals surface area contributed by atoms with Crippen molar-refractivity contribution < 1.29 is 30.4 Å². The molecule has 6 nitrogen and oxygen atoms in total. The molecule has 2 aromatic rings. The Hall–Kier alpha value is -2.54. The lowest BCUT2D eigenvalue weighted by Gasteiger charge is -2.28. The van der Waals surface area contributed by atoms with Crippen molar-refractivity contribution in [2.45, 2.75) is 31.0 Å². The largest absolute Gasteiger partial charge is 0.459 e. The van der Waals surface area contributed by atoms with Crippen LogP contribution in [0.3, 0.4) is 0 Å². The van der Waals surface area contributed by atoms with Gasteiger partial charge in [-0.25, -0.2) is 0 Å². The SMILES string of the molecule is CN(C)S(=O)(=O)N1CC=C(c2ccc(C3CC(C(F)(F)C(F)(F)F)=NN3c3ccccc3Cl)cc2)CC1. The minimum absolute atomic E-state index is 0.161. The molecule has 0 radical (unpaired) electrons. The fraction of sp³-hybridized carbons (Fsp3) is 0.375. The summed E-state index contributed by atoms with van der Waals surface area (Å²) in [6.07, 6.45) is -4.15. The van der Waals surface area contributed by atoms with E-state index in [9.17, 15) is 30.4 Å². The van der Waals surface area contributed by atoms with Crippen LogP contribution in [0.15, 0.2) is 59.7 Å². The number of anilines is 1. The zero-order valence-corrected chi connectivity index (χ0v) is 21.5. The molecule has 0 saturated heterocycles. The quantitative estimate of drug-likeness (QED) is 0.422. The number of para-hydroxylation sites is 1. The van der Waals surface area contributed by atoms with Crippen molar-refractivity contribution >= 4 is 38.8 Å². The topological polar surface area (TPSA) is 56.2 Å². The first kappa shape index (κ1) is 27.5. The molecule has 4 rings (SSSR count). The highest BCUT2D eigenvalue weighted by molar-refractivity contribution is 7.86. The fourth-order valence-electron chi connectivity index (χ4n) is 4.26. The van der Waals surface area contributed by atoms with E-state index in [0.29, 0.717) is 18.5 Å². The van der Waals surface area contributed by atoms with E-state index in [4.69, 9.17) is 11.6 Å². The van der Waals surface area contributed by atoms with Gasteiger partial charge in [-0.3, -0.25) is 5.01 Å². The Morgan fingerprint density at radius 3 is 2.22 bits per heavy atom. The average Bonchev–Trinajstić information content (AvgIpc) is 3.30. The number of benzene rings is 2. The Morgan fingerprint density at radius 1 is 1.03 bits per heavy atom. The van der Waals surface area contributed by atoms with E-state index in [1.54, 1.807) is 42.5 Å². The first-order valence-electron chi connectivity index (χ1n) is 11.3. The number of alkyl halides is 5. The third-order valence-corrected chi connectivity index (χ3v) is 8.58. The van der Waals surface area contributed by atoms with Crippen molar-refractivity contribution in [1.82, 2.24) is 8.61 Å². The molecule has 0 aromatic heterocycles. The molecule has 1 atom stereocenters. The molecule has 2 aliphatic heterocycles. The molecule has 0 spiro atoms. The van der Waals surface area contributed by atoms with Gasteiger partial charge in [-0.1, -0.05) is 54.1 Å². The van der Waals surface area contributed by atoms with Crippen molar-refractivity contribution in [1.29, 1.82) is 0 Å². The molecular weight excluding hydrogens is 539 g/mol. The summed E-state index contributed by atoms with van der Waals surface area (Å²) in [7, 11) is -0.615. The minimum Gasteiger partial charge on any atom is -0.256 e. The molecule has 0 aliphatic carbocycles. The van der Waals surface area contributed by atoms with Crippen LogP contribution in [-0.2, 0) is 10.2 Å². The lowest BCUT2D eigenvalue weighted by atomic mass is 9.94. The summed E-state index contributed by atoms with van der Waals surface area (Å²) >= 11 is 6.22. The molecule has 2 aliphatic rings. The van der Waals surface area contributed by atoms with Crippen molar-refractivity contribution in [2.24, 2.45) is 5.10 Å². The Kier molecular flexibility index (Phi) is 7.41. The normalized spacial score (nSPS) is 19.8. The summed E-state index contributed by atoms with van der Waals surface area (Å²) in [6, 6.07) is 12.1. The number of rotatable bonds is 6. The van der Waals surface area contributed by atoms with Gasteiger partial charge in [0.05, 0.1) is 16.8 Å². The third-order valence-electron chi connectivity index (χ3n) is 6.35. The number of hydrogen-bond acceptors (Lipinski definition) is 4. The maximum Gasteiger partial charge on any atom is 0.459 e. The Balaban J connectivity index is 1.61. The predicted molar refractivity (Wildman–Crippen MR) is 133 cm³/mol. The van der Waals surface area contributed by atoms with E-state index < -0.39 is 40.5 Å². The Morgan fingerprint density at radius 2 is 1.68 bits per heavy atom. The molecule has 0 fully saturated rings. The summed E-state index contributed by atoms with van der Waals surface area (Å²) in [5.41, 5.74) is 1.12. The maximum atomic E-state index is 14.2. The minimum atomic E-state index is -5.78. The molecule has 37 heavy (non-hydrogen) atoms. The second-order valence-corrected chi connectivity index (χ2v) is 11.4. The molecule has 0 bridgehead atoms. The highest BCUT2D eigenvalue weighted by Crippen LogP contribution is 2.45. The predicted octanol–water partition coefficient (Wildman–Crippen LogP) is 5.74. The molecule has 2 aromatic carbocycles. The van der Waals surface area contributed by atoms with Crippen LogP contribution < -0.4 is 5.01 Å². The van der Waals surface area contributed by atoms with Crippen LogP contribution in [0.1, 0.15) is 30.0 Å². The highest BCUT2D eigenvalue weighted by Gasteiger charge is 2.62. The second kappa shape index (κ2) is 9.97. The van der Waals surface area contributed by atoms with E-state index in [2.05, 4.69) is 5.10 Å². The number of nitrogens with zero attached hydrogens (tertiary/aromatic N) is 4. The fourth-order valence-corrected chi connectivity index (χ4v) is 5.52. The van der Waals surface area contributed by atoms with Crippen LogP contribution in [0, 0.1) is 0 Å². The first-order valence-corrected chi connectivity index (χ1v) is 13.0. The maximum absolute atomic E-state index is 14.2. The van der Waals surface area contributed by atoms with Gasteiger partial charge >= 0.3 is 12.1 Å². The van der Waals surface area contributed by atoms with Gasteiger partial charge in [0.1, 0.15) is 5.71 Å². The van der Waals surface area contributed by atoms with E-state index in [1.165, 1.54) is 30.5 Å². The lowest BCUT2D eigenvalue weighted by Crippen LogP contribution is -2.43. The first-order chi connectivity index (χ1) is 17.2. The van der Waals surface area contributed by atoms with Gasteiger partial charge < -0.3 is 0 Å². The Labute approximate surface area is 216 Å². The molecule has 200 valence electrons. The highest BCUT2D eigenvalue weighted by atomic mass is 35.5. The molecule has 1 unspecified atom stereocenters. The van der Waals surface area contributed by atoms with Crippen LogP contribution in [-0.4, -0.2) is 62.0 Å². The van der Waals surface area contributed by atoms with Crippen molar-refractivity contribution in [3.8, 4) is 0 Å². The summed E-state index contributed by atoms with van der Waals surface area (Å²) in [5, 5.41) is 4.96. The van der Waals surface area contributed by atoms with Gasteiger partial charge in [0.25, 0.3) is 10.2 Å². The number of halogens is 6. The van der Waals surface area contributed by atoms with E-state index in [-0.39, 0.29) is 17.3 Å². The zero-order chi connectivity index (χ0) is 27.2. The number of hydrazone groups is 1. The van der Waals surface area contributed by atoms with Crippen molar-refractivity contribution in [3.63, 3.8) is 0 Å². The molecule has 13 heteroatoms. The second-order valence-electron chi connectivity index (χ2n) is 8.88. The van der Waals surface area contributed by atoms with Gasteiger partial charge in [0.2, 0.25) is 0 Å². The van der Waals surface area contributed by atoms with E-state index in [1.807, 2.05) is 0 Å². The van der Waals surface area contributed by atoms with Crippen LogP contribution in [0.25, 0.3) is 5.57 Å². The van der Waals surface area contributed by atoms with Crippen LogP contribution in [0.5, 0.6) is 0 Å². The van der Waals surface area contributed by atoms with Crippen molar-refractivity contribution in [3.05, 3.63) is 70.8 Å². The van der Waals surface area contributed by atoms with E-state index in [0.717, 1.165) is 20.5 Å². The summed E-state index contributed by atoms with van der Waals surface area (Å²) in [5.74, 6) is -5.09. The standard InChI is InChI=1S/C24H24ClF5N4O2S/c1-32(2)37(35,36)33-13-11-17(12-14-33)16-7-9-18(10-8-16)21-15-22(23(26,27)24(28,29)30)31-34(21)20-6-4-3-5-19(20)25/h3-11,21H,12-15H2,1-2H3.